The van der Waals surface area contributed by atoms with Crippen LogP contribution in [0, 0.1) is 13.8 Å². The molecule has 2 amide bonds. The summed E-state index contributed by atoms with van der Waals surface area (Å²) < 4.78 is 1.61. The third kappa shape index (κ3) is 5.08. The number of amides is 2. The summed E-state index contributed by atoms with van der Waals surface area (Å²) >= 11 is 0. The molecule has 1 aromatic carbocycles. The van der Waals surface area contributed by atoms with Crippen molar-refractivity contribution >= 4 is 23.3 Å². The van der Waals surface area contributed by atoms with Crippen molar-refractivity contribution in [3.63, 3.8) is 0 Å². The van der Waals surface area contributed by atoms with Crippen molar-refractivity contribution in [2.45, 2.75) is 32.7 Å². The molecule has 0 saturated carbocycles. The van der Waals surface area contributed by atoms with Gasteiger partial charge in [0.25, 0.3) is 11.7 Å². The van der Waals surface area contributed by atoms with Crippen LogP contribution >= 0.6 is 0 Å². The van der Waals surface area contributed by atoms with Crippen LogP contribution in [0.25, 0.3) is 0 Å². The van der Waals surface area contributed by atoms with Crippen LogP contribution in [0.4, 0.5) is 5.69 Å². The maximum atomic E-state index is 12.5. The monoisotopic (exact) mass is 397 g/mol. The third-order valence-corrected chi connectivity index (χ3v) is 5.29. The molecule has 0 bridgehead atoms. The van der Waals surface area contributed by atoms with Gasteiger partial charge in [0, 0.05) is 37.6 Å². The Hall–Kier alpha value is -3.00. The fourth-order valence-electron chi connectivity index (χ4n) is 3.63. The molecule has 1 saturated heterocycles. The van der Waals surface area contributed by atoms with Crippen LogP contribution in [0.1, 0.15) is 34.6 Å². The summed E-state index contributed by atoms with van der Waals surface area (Å²) in [5.74, 6) is -1.20. The molecule has 1 aliphatic heterocycles. The summed E-state index contributed by atoms with van der Waals surface area (Å²) in [6.45, 7) is 5.19. The molecular formula is C21H27N5O3. The molecule has 154 valence electrons. The first-order valence-corrected chi connectivity index (χ1v) is 9.77. The number of carbonyl (C=O) groups excluding carboxylic acids is 3. The van der Waals surface area contributed by atoms with Crippen LogP contribution in [0.15, 0.2) is 30.3 Å². The molecule has 8 heteroatoms. The number of nitrogens with one attached hydrogen (secondary N) is 2. The van der Waals surface area contributed by atoms with Crippen LogP contribution in [0.2, 0.25) is 0 Å². The van der Waals surface area contributed by atoms with Gasteiger partial charge in [-0.1, -0.05) is 18.2 Å². The van der Waals surface area contributed by atoms with Crippen LogP contribution in [0.3, 0.4) is 0 Å². The second-order valence-corrected chi connectivity index (χ2v) is 7.44. The molecule has 0 atom stereocenters. The molecule has 1 aromatic heterocycles. The van der Waals surface area contributed by atoms with Crippen molar-refractivity contribution in [3.05, 3.63) is 47.3 Å². The molecule has 0 spiro atoms. The van der Waals surface area contributed by atoms with E-state index in [9.17, 15) is 14.4 Å². The Morgan fingerprint density at radius 3 is 2.34 bits per heavy atom. The molecule has 0 aliphatic carbocycles. The number of benzene rings is 1. The Kier molecular flexibility index (Phi) is 6.43. The number of piperidine rings is 1. The van der Waals surface area contributed by atoms with Gasteiger partial charge in [0.2, 0.25) is 5.91 Å². The molecule has 2 aromatic rings. The van der Waals surface area contributed by atoms with Gasteiger partial charge in [0.1, 0.15) is 0 Å². The van der Waals surface area contributed by atoms with Crippen LogP contribution < -0.4 is 10.6 Å². The lowest BCUT2D eigenvalue weighted by molar-refractivity contribution is -0.119. The predicted octanol–water partition coefficient (Wildman–Crippen LogP) is 1.44. The topological polar surface area (TPSA) is 96.3 Å². The quantitative estimate of drug-likeness (QED) is 0.568. The number of carbonyl (C=O) groups is 3. The summed E-state index contributed by atoms with van der Waals surface area (Å²) in [5, 5.41) is 9.92. The van der Waals surface area contributed by atoms with Gasteiger partial charge < -0.3 is 10.6 Å². The van der Waals surface area contributed by atoms with Gasteiger partial charge in [-0.25, -0.2) is 0 Å². The Bertz CT molecular complexity index is 899. The first-order chi connectivity index (χ1) is 13.8. The number of ketones is 1. The number of hydrogen-bond donors (Lipinski definition) is 2. The predicted molar refractivity (Wildman–Crippen MR) is 110 cm³/mol. The van der Waals surface area contributed by atoms with Gasteiger partial charge in [0.05, 0.1) is 17.8 Å². The number of nitrogens with zero attached hydrogens (tertiary/aromatic N) is 3. The number of hydrogen-bond acceptors (Lipinski definition) is 5. The number of para-hydroxylation sites is 1. The molecule has 1 fully saturated rings. The largest absolute Gasteiger partial charge is 0.346 e. The van der Waals surface area contributed by atoms with Crippen molar-refractivity contribution in [2.75, 3.05) is 25.0 Å². The van der Waals surface area contributed by atoms with E-state index in [4.69, 9.17) is 0 Å². The minimum atomic E-state index is -0.593. The van der Waals surface area contributed by atoms with E-state index in [0.29, 0.717) is 49.4 Å². The normalized spacial score (nSPS) is 15.1. The summed E-state index contributed by atoms with van der Waals surface area (Å²) in [6, 6.07) is 9.28. The number of aryl methyl sites for hydroxylation is 2. The standard InChI is InChI=1S/C21H27N5O3/c1-14-19(15(2)25(3)24-14)20(28)21(29)23-17-9-11-26(12-10-17)13-18(27)22-16-7-5-4-6-8-16/h4-8,17H,9-13H2,1-3H3,(H,22,27)(H,23,29). The average molecular weight is 397 g/mol. The van der Waals surface area contributed by atoms with Gasteiger partial charge in [-0.3, -0.25) is 24.0 Å². The van der Waals surface area contributed by atoms with Crippen molar-refractivity contribution < 1.29 is 14.4 Å². The van der Waals surface area contributed by atoms with E-state index < -0.39 is 11.7 Å². The van der Waals surface area contributed by atoms with Gasteiger partial charge in [0.15, 0.2) is 0 Å². The highest BCUT2D eigenvalue weighted by molar-refractivity contribution is 6.43. The van der Waals surface area contributed by atoms with E-state index in [1.807, 2.05) is 30.3 Å². The molecule has 2 heterocycles. The molecule has 0 radical (unpaired) electrons. The molecule has 0 unspecified atom stereocenters. The zero-order chi connectivity index (χ0) is 21.0. The van der Waals surface area contributed by atoms with E-state index in [-0.39, 0.29) is 11.9 Å². The number of likely N-dealkylation sites (tertiary alicyclic amines) is 1. The molecule has 8 nitrogen and oxygen atoms in total. The lowest BCUT2D eigenvalue weighted by Gasteiger charge is -2.31. The van der Waals surface area contributed by atoms with E-state index in [1.165, 1.54) is 0 Å². The fourth-order valence-corrected chi connectivity index (χ4v) is 3.63. The second kappa shape index (κ2) is 9.00. The highest BCUT2D eigenvalue weighted by Gasteiger charge is 2.28. The number of Topliss-reactive ketones (excluding diaryl/α,β-unsaturated/α-hetero) is 1. The Balaban J connectivity index is 1.46. The van der Waals surface area contributed by atoms with E-state index in [1.54, 1.807) is 25.6 Å². The molecule has 2 N–H and O–H groups in total. The molecule has 29 heavy (non-hydrogen) atoms. The van der Waals surface area contributed by atoms with E-state index in [2.05, 4.69) is 20.6 Å². The van der Waals surface area contributed by atoms with E-state index >= 15 is 0 Å². The smallest absolute Gasteiger partial charge is 0.292 e. The number of rotatable bonds is 6. The van der Waals surface area contributed by atoms with Crippen molar-refractivity contribution in [2.24, 2.45) is 7.05 Å². The van der Waals surface area contributed by atoms with Crippen molar-refractivity contribution in [1.29, 1.82) is 0 Å². The summed E-state index contributed by atoms with van der Waals surface area (Å²) in [7, 11) is 1.75. The maximum Gasteiger partial charge on any atom is 0.292 e. The van der Waals surface area contributed by atoms with Crippen LogP contribution in [-0.4, -0.2) is 58.0 Å². The highest BCUT2D eigenvalue weighted by atomic mass is 16.2. The lowest BCUT2D eigenvalue weighted by Crippen LogP contribution is -2.48. The molecular weight excluding hydrogens is 370 g/mol. The van der Waals surface area contributed by atoms with Gasteiger partial charge >= 0.3 is 0 Å². The maximum absolute atomic E-state index is 12.5. The van der Waals surface area contributed by atoms with Gasteiger partial charge in [-0.05, 0) is 38.8 Å². The lowest BCUT2D eigenvalue weighted by atomic mass is 10.0. The highest BCUT2D eigenvalue weighted by Crippen LogP contribution is 2.15. The molecule has 3 rings (SSSR count). The second-order valence-electron chi connectivity index (χ2n) is 7.44. The minimum Gasteiger partial charge on any atom is -0.346 e. The number of aromatic nitrogens is 2. The first-order valence-electron chi connectivity index (χ1n) is 9.77. The van der Waals surface area contributed by atoms with Gasteiger partial charge in [-0.15, -0.1) is 0 Å². The van der Waals surface area contributed by atoms with Gasteiger partial charge in [-0.2, -0.15) is 5.10 Å². The average Bonchev–Trinajstić information content (AvgIpc) is 2.95. The Morgan fingerprint density at radius 2 is 1.76 bits per heavy atom. The fraction of sp³-hybridized carbons (Fsp3) is 0.429. The van der Waals surface area contributed by atoms with Crippen LogP contribution in [-0.2, 0) is 16.6 Å². The van der Waals surface area contributed by atoms with Crippen LogP contribution in [0.5, 0.6) is 0 Å². The SMILES string of the molecule is Cc1nn(C)c(C)c1C(=O)C(=O)NC1CCN(CC(=O)Nc2ccccc2)CC1. The summed E-state index contributed by atoms with van der Waals surface area (Å²) in [6.07, 6.45) is 1.39. The third-order valence-electron chi connectivity index (χ3n) is 5.29. The summed E-state index contributed by atoms with van der Waals surface area (Å²) in [5.41, 5.74) is 2.39. The number of anilines is 1. The van der Waals surface area contributed by atoms with Crippen molar-refractivity contribution in [3.8, 4) is 0 Å². The first kappa shape index (κ1) is 20.7. The zero-order valence-corrected chi connectivity index (χ0v) is 17.1. The summed E-state index contributed by atoms with van der Waals surface area (Å²) in [4.78, 5) is 39.2. The van der Waals surface area contributed by atoms with Crippen molar-refractivity contribution in [1.82, 2.24) is 20.0 Å². The zero-order valence-electron chi connectivity index (χ0n) is 17.1. The van der Waals surface area contributed by atoms with E-state index in [0.717, 1.165) is 5.69 Å². The Morgan fingerprint density at radius 1 is 1.10 bits per heavy atom. The molecule has 1 aliphatic rings. The minimum absolute atomic E-state index is 0.0589. The Labute approximate surface area is 170 Å².